The summed E-state index contributed by atoms with van der Waals surface area (Å²) in [6.07, 6.45) is 0.963. The van der Waals surface area contributed by atoms with Gasteiger partial charge in [-0.05, 0) is 70.8 Å². The summed E-state index contributed by atoms with van der Waals surface area (Å²) < 4.78 is 8.67. The summed E-state index contributed by atoms with van der Waals surface area (Å²) in [4.78, 5) is 113. The number of carboxylic acids is 1. The molecule has 78 heavy (non-hydrogen) atoms. The van der Waals surface area contributed by atoms with Crippen molar-refractivity contribution in [3.05, 3.63) is 24.5 Å². The summed E-state index contributed by atoms with van der Waals surface area (Å²) in [5, 5.41) is 61.5. The Morgan fingerprint density at radius 2 is 1.63 bits per heavy atom. The molecule has 2 aliphatic rings. The second kappa shape index (κ2) is 28.9. The van der Waals surface area contributed by atoms with Gasteiger partial charge in [0.15, 0.2) is 29.7 Å². The Kier molecular flexibility index (Phi) is 22.9. The minimum atomic E-state index is -1.46. The van der Waals surface area contributed by atoms with E-state index in [2.05, 4.69) is 51.5 Å². The smallest absolute Gasteiger partial charge is 0.320 e. The average Bonchev–Trinajstić information content (AvgIpc) is 4.23. The molecule has 0 spiro atoms. The van der Waals surface area contributed by atoms with E-state index in [1.165, 1.54) is 35.2 Å². The molecule has 0 aromatic carbocycles. The van der Waals surface area contributed by atoms with Crippen molar-refractivity contribution in [1.82, 2.24) is 65.6 Å². The number of nitrogens with two attached hydrogens (primary N) is 6. The molecule has 3 aromatic heterocycles. The summed E-state index contributed by atoms with van der Waals surface area (Å²) in [5.74, 6) is -6.08. The van der Waals surface area contributed by atoms with Crippen LogP contribution in [-0.4, -0.2) is 206 Å². The minimum absolute atomic E-state index is 0.000837. The molecule has 2 fully saturated rings. The number of fused-ring (bicyclic) bond motifs is 1. The number of aliphatic carboxylic acids is 1. The number of primary amides is 1. The SMILES string of the molecule is CC[C@H](C)[C@H](NC(=O)[C@H](CCCN=C(N)N)NC(=O)[C@H](CCCCN)NC(=O)[C@@H]1CCCN1C(=O)[C@H](CO)n1cc(CN(CC[C@H](N)C(=O)O)C[C@H]2O[C@@H](n3cnc4c(N)ncnc43)[C@H](O)[C@@H]2O)nn1)C(=O)N[C@@H](C)C(N)=O. The van der Waals surface area contributed by atoms with Gasteiger partial charge in [-0.25, -0.2) is 19.6 Å². The predicted octanol–water partition coefficient (Wildman–Crippen LogP) is -5.88. The lowest BCUT2D eigenvalue weighted by atomic mass is 9.97. The van der Waals surface area contributed by atoms with Crippen LogP contribution in [-0.2, 0) is 44.8 Å². The van der Waals surface area contributed by atoms with Gasteiger partial charge in [0.25, 0.3) is 5.91 Å². The van der Waals surface area contributed by atoms with Crippen LogP contribution in [0.3, 0.4) is 0 Å². The number of likely N-dealkylation sites (tertiary alicyclic amines) is 1. The Morgan fingerprint density at radius 3 is 2.29 bits per heavy atom. The number of rotatable bonds is 31. The molecular formula is C46H76N20O12. The third-order valence-corrected chi connectivity index (χ3v) is 13.8. The monoisotopic (exact) mass is 1100 g/mol. The Hall–Kier alpha value is -7.23. The molecule has 6 amide bonds. The summed E-state index contributed by atoms with van der Waals surface area (Å²) >= 11 is 0. The third-order valence-electron chi connectivity index (χ3n) is 13.8. The summed E-state index contributed by atoms with van der Waals surface area (Å²) in [5.41, 5.74) is 34.7. The Labute approximate surface area is 448 Å². The van der Waals surface area contributed by atoms with Crippen molar-refractivity contribution < 1.29 is 58.7 Å². The molecule has 32 nitrogen and oxygen atoms in total. The van der Waals surface area contributed by atoms with Crippen molar-refractivity contribution in [3.8, 4) is 0 Å². The van der Waals surface area contributed by atoms with Crippen molar-refractivity contribution in [2.75, 3.05) is 45.1 Å². The van der Waals surface area contributed by atoms with Crippen LogP contribution in [0.25, 0.3) is 11.2 Å². The maximum absolute atomic E-state index is 14.3. The van der Waals surface area contributed by atoms with Crippen molar-refractivity contribution in [2.24, 2.45) is 39.6 Å². The highest BCUT2D eigenvalue weighted by molar-refractivity contribution is 5.96. The van der Waals surface area contributed by atoms with E-state index in [0.717, 1.165) is 4.68 Å². The first-order valence-corrected chi connectivity index (χ1v) is 25.8. The van der Waals surface area contributed by atoms with Crippen LogP contribution in [0.15, 0.2) is 23.8 Å². The number of hydrogen-bond acceptors (Lipinski definition) is 21. The first-order chi connectivity index (χ1) is 37.1. The second-order valence-electron chi connectivity index (χ2n) is 19.5. The number of carbonyl (C=O) groups is 7. The van der Waals surface area contributed by atoms with Crippen LogP contribution in [0.4, 0.5) is 5.82 Å². The van der Waals surface area contributed by atoms with Crippen LogP contribution in [0, 0.1) is 5.92 Å². The molecule has 12 atom stereocenters. The van der Waals surface area contributed by atoms with Crippen molar-refractivity contribution in [3.63, 3.8) is 0 Å². The fraction of sp³-hybridized carbons (Fsp3) is 0.674. The molecule has 0 radical (unpaired) electrons. The van der Waals surface area contributed by atoms with Gasteiger partial charge in [-0.3, -0.25) is 48.0 Å². The van der Waals surface area contributed by atoms with Crippen LogP contribution in [0.2, 0.25) is 0 Å². The van der Waals surface area contributed by atoms with E-state index < -0.39 is 121 Å². The molecule has 0 bridgehead atoms. The van der Waals surface area contributed by atoms with Gasteiger partial charge in [0.05, 0.1) is 24.8 Å². The number of nitrogen functional groups attached to an aromatic ring is 1. The molecule has 20 N–H and O–H groups in total. The largest absolute Gasteiger partial charge is 0.480 e. The van der Waals surface area contributed by atoms with Gasteiger partial charge >= 0.3 is 5.97 Å². The van der Waals surface area contributed by atoms with E-state index in [-0.39, 0.29) is 100 Å². The molecule has 3 aromatic rings. The number of anilines is 1. The fourth-order valence-electron chi connectivity index (χ4n) is 9.04. The average molecular weight is 1100 g/mol. The lowest BCUT2D eigenvalue weighted by molar-refractivity contribution is -0.143. The van der Waals surface area contributed by atoms with Gasteiger partial charge in [-0.15, -0.1) is 5.10 Å². The number of unbranched alkanes of at least 4 members (excludes halogenated alkanes) is 1. The molecule has 0 unspecified atom stereocenters. The van der Waals surface area contributed by atoms with Crippen molar-refractivity contribution in [1.29, 1.82) is 0 Å². The van der Waals surface area contributed by atoms with Crippen LogP contribution in [0.5, 0.6) is 0 Å². The number of imidazole rings is 1. The molecule has 2 saturated heterocycles. The quantitative estimate of drug-likeness (QED) is 0.0162. The van der Waals surface area contributed by atoms with Gasteiger partial charge in [0.2, 0.25) is 29.5 Å². The number of aliphatic imine (C=N–C) groups is 1. The number of aliphatic hydroxyl groups is 3. The van der Waals surface area contributed by atoms with Crippen LogP contribution < -0.4 is 55.7 Å². The zero-order valence-electron chi connectivity index (χ0n) is 44.0. The number of carboxylic acid groups (broad SMARTS) is 1. The molecule has 0 aliphatic carbocycles. The first kappa shape index (κ1) is 61.6. The molecule has 32 heteroatoms. The lowest BCUT2D eigenvalue weighted by Gasteiger charge is -2.30. The molecule has 5 rings (SSSR count). The zero-order chi connectivity index (χ0) is 57.4. The van der Waals surface area contributed by atoms with Crippen molar-refractivity contribution in [2.45, 2.75) is 152 Å². The minimum Gasteiger partial charge on any atom is -0.480 e. The van der Waals surface area contributed by atoms with Gasteiger partial charge in [-0.2, -0.15) is 0 Å². The normalized spacial score (nSPS) is 21.0. The number of aliphatic hydroxyl groups excluding tert-OH is 3. The van der Waals surface area contributed by atoms with Gasteiger partial charge < -0.3 is 85.7 Å². The van der Waals surface area contributed by atoms with E-state index >= 15 is 0 Å². The fourth-order valence-corrected chi connectivity index (χ4v) is 9.04. The van der Waals surface area contributed by atoms with E-state index in [1.807, 2.05) is 0 Å². The zero-order valence-corrected chi connectivity index (χ0v) is 44.0. The third kappa shape index (κ3) is 16.2. The Morgan fingerprint density at radius 1 is 0.923 bits per heavy atom. The Bertz CT molecular complexity index is 2560. The molecule has 0 saturated carbocycles. The molecular weight excluding hydrogens is 1020 g/mol. The number of carbonyl (C=O) groups excluding carboxylic acids is 6. The van der Waals surface area contributed by atoms with Gasteiger partial charge in [-0.1, -0.05) is 25.5 Å². The summed E-state index contributed by atoms with van der Waals surface area (Å²) in [7, 11) is 0. The van der Waals surface area contributed by atoms with Gasteiger partial charge in [0.1, 0.15) is 66.4 Å². The molecule has 2 aliphatic heterocycles. The summed E-state index contributed by atoms with van der Waals surface area (Å²) in [6, 6.07) is -8.42. The highest BCUT2D eigenvalue weighted by Crippen LogP contribution is 2.33. The number of amides is 6. The van der Waals surface area contributed by atoms with Crippen LogP contribution >= 0.6 is 0 Å². The number of aromatic nitrogens is 7. The molecule has 5 heterocycles. The van der Waals surface area contributed by atoms with E-state index in [4.69, 9.17) is 39.1 Å². The van der Waals surface area contributed by atoms with E-state index in [9.17, 15) is 54.0 Å². The maximum Gasteiger partial charge on any atom is 0.320 e. The number of nitrogens with zero attached hydrogens (tertiary/aromatic N) is 10. The lowest BCUT2D eigenvalue weighted by Crippen LogP contribution is -2.59. The number of nitrogens with one attached hydrogen (secondary N) is 4. The van der Waals surface area contributed by atoms with E-state index in [0.29, 0.717) is 25.7 Å². The number of hydrogen-bond donors (Lipinski definition) is 14. The maximum atomic E-state index is 14.3. The van der Waals surface area contributed by atoms with Crippen LogP contribution in [0.1, 0.15) is 96.5 Å². The highest BCUT2D eigenvalue weighted by atomic mass is 16.6. The van der Waals surface area contributed by atoms with Crippen molar-refractivity contribution >= 4 is 64.4 Å². The Balaban J connectivity index is 1.30. The van der Waals surface area contributed by atoms with E-state index in [1.54, 1.807) is 18.7 Å². The summed E-state index contributed by atoms with van der Waals surface area (Å²) in [6.45, 7) is 4.52. The topological polar surface area (TPSA) is 507 Å². The standard InChI is InChI=1S/C46H76N20O12/c1-4-23(2)32(42(74)57-24(3)37(50)70)60-40(72)28(10-7-14-53-46(51)52)58-39(71)27(9-5-6-13-47)59-41(73)29-11-8-15-64(29)43(75)30(20-67)66-18-25(61-62-66)17-63(16-12-26(48)45(76)77)19-31-34(68)35(69)44(78-31)65-22-56-33-36(49)54-21-55-38(33)65/h18,21-24,26-32,34-35,44,67-69H,4-17,19-20,47-48H2,1-3H3,(H2,50,70)(H,57,74)(H,58,71)(H,59,73)(H,60,72)(H,76,77)(H2,49,54,55)(H4,51,52,53)/t23-,24-,26-,27-,28-,29-,30-,31+,32-,34+,35+,44+/m0/s1. The number of guanidine groups is 1. The molecule has 432 valence electrons. The second-order valence-corrected chi connectivity index (χ2v) is 19.5. The highest BCUT2D eigenvalue weighted by Gasteiger charge is 2.45. The first-order valence-electron chi connectivity index (χ1n) is 25.8. The van der Waals surface area contributed by atoms with Gasteiger partial charge in [0, 0.05) is 32.7 Å². The number of ether oxygens (including phenoxy) is 1. The predicted molar refractivity (Wildman–Crippen MR) is 277 cm³/mol.